The highest BCUT2D eigenvalue weighted by molar-refractivity contribution is 6.11. The van der Waals surface area contributed by atoms with E-state index in [1.54, 1.807) is 0 Å². The quantitative estimate of drug-likeness (QED) is 0.473. The smallest absolute Gasteiger partial charge is 0.174 e. The predicted octanol–water partition coefficient (Wildman–Crippen LogP) is 7.33. The molecule has 27 heavy (non-hydrogen) atoms. The summed E-state index contributed by atoms with van der Waals surface area (Å²) in [6.07, 6.45) is 12.5. The Kier molecular flexibility index (Phi) is 6.19. The van der Waals surface area contributed by atoms with Crippen LogP contribution in [0.5, 0.6) is 0 Å². The summed E-state index contributed by atoms with van der Waals surface area (Å²) in [5.74, 6) is 0.285. The second-order valence-corrected chi connectivity index (χ2v) is 7.95. The van der Waals surface area contributed by atoms with Gasteiger partial charge in [-0.25, -0.2) is 0 Å². The minimum Gasteiger partial charge on any atom is -0.293 e. The molecule has 1 aromatic carbocycles. The molecule has 1 heteroatoms. The average molecular weight is 363 g/mol. The molecule has 2 aliphatic rings. The van der Waals surface area contributed by atoms with Gasteiger partial charge >= 0.3 is 0 Å². The van der Waals surface area contributed by atoms with Gasteiger partial charge in [0.2, 0.25) is 0 Å². The zero-order chi connectivity index (χ0) is 19.4. The van der Waals surface area contributed by atoms with Gasteiger partial charge in [0.05, 0.1) is 0 Å². The summed E-state index contributed by atoms with van der Waals surface area (Å²) in [4.78, 5) is 13.7. The third-order valence-corrected chi connectivity index (χ3v) is 6.15. The first-order valence-corrected chi connectivity index (χ1v) is 10.9. The molecule has 0 saturated heterocycles. The standard InChI is InChI=1S/C26H34O/c1-5-11-20-21(12-6-2)24(14-8-4)26(23(20)13-7-3)22-16-10-9-15-19(22)17-18-25(26)27/h9-10,15-18H,5-8,11-14H2,1-4H3. The molecule has 144 valence electrons. The van der Waals surface area contributed by atoms with Crippen molar-refractivity contribution < 1.29 is 4.79 Å². The van der Waals surface area contributed by atoms with Crippen molar-refractivity contribution in [3.05, 3.63) is 63.8 Å². The van der Waals surface area contributed by atoms with Crippen molar-refractivity contribution in [2.24, 2.45) is 0 Å². The number of carbonyl (C=O) groups excluding carboxylic acids is 1. The highest BCUT2D eigenvalue weighted by Gasteiger charge is 2.52. The molecule has 0 aliphatic heterocycles. The van der Waals surface area contributed by atoms with E-state index >= 15 is 0 Å². The van der Waals surface area contributed by atoms with E-state index in [1.165, 1.54) is 33.4 Å². The molecule has 0 atom stereocenters. The summed E-state index contributed by atoms with van der Waals surface area (Å²) >= 11 is 0. The molecule has 0 aromatic heterocycles. The molecule has 3 rings (SSSR count). The maximum Gasteiger partial charge on any atom is 0.174 e. The first-order valence-electron chi connectivity index (χ1n) is 10.9. The van der Waals surface area contributed by atoms with Crippen LogP contribution in [0.2, 0.25) is 0 Å². The summed E-state index contributed by atoms with van der Waals surface area (Å²) < 4.78 is 0. The highest BCUT2D eigenvalue weighted by Crippen LogP contribution is 2.56. The van der Waals surface area contributed by atoms with Gasteiger partial charge in [-0.05, 0) is 65.2 Å². The summed E-state index contributed by atoms with van der Waals surface area (Å²) in [5, 5.41) is 0. The van der Waals surface area contributed by atoms with E-state index in [-0.39, 0.29) is 5.78 Å². The summed E-state index contributed by atoms with van der Waals surface area (Å²) in [7, 11) is 0. The topological polar surface area (TPSA) is 17.1 Å². The Morgan fingerprint density at radius 3 is 1.74 bits per heavy atom. The van der Waals surface area contributed by atoms with Gasteiger partial charge in [0, 0.05) is 0 Å². The van der Waals surface area contributed by atoms with Crippen LogP contribution in [0, 0.1) is 0 Å². The maximum absolute atomic E-state index is 13.7. The average Bonchev–Trinajstić information content (AvgIpc) is 2.91. The number of hydrogen-bond donors (Lipinski definition) is 0. The van der Waals surface area contributed by atoms with Gasteiger partial charge in [-0.3, -0.25) is 4.79 Å². The second kappa shape index (κ2) is 8.42. The first kappa shape index (κ1) is 19.9. The van der Waals surface area contributed by atoms with Gasteiger partial charge in [-0.2, -0.15) is 0 Å². The highest BCUT2D eigenvalue weighted by atomic mass is 16.1. The molecule has 1 nitrogen and oxygen atoms in total. The van der Waals surface area contributed by atoms with Crippen LogP contribution in [0.3, 0.4) is 0 Å². The van der Waals surface area contributed by atoms with Crippen molar-refractivity contribution in [3.8, 4) is 0 Å². The van der Waals surface area contributed by atoms with Gasteiger partial charge < -0.3 is 0 Å². The Labute approximate surface area is 165 Å². The van der Waals surface area contributed by atoms with Crippen molar-refractivity contribution in [2.45, 2.75) is 84.5 Å². The Bertz CT molecular complexity index is 771. The molecule has 0 saturated carbocycles. The van der Waals surface area contributed by atoms with E-state index in [4.69, 9.17) is 0 Å². The van der Waals surface area contributed by atoms with Crippen molar-refractivity contribution in [1.82, 2.24) is 0 Å². The zero-order valence-corrected chi connectivity index (χ0v) is 17.5. The fourth-order valence-corrected chi connectivity index (χ4v) is 5.31. The molecular formula is C26H34O. The molecule has 0 N–H and O–H groups in total. The Hall–Kier alpha value is -1.89. The van der Waals surface area contributed by atoms with Crippen LogP contribution in [-0.2, 0) is 10.2 Å². The van der Waals surface area contributed by atoms with E-state index in [9.17, 15) is 4.79 Å². The van der Waals surface area contributed by atoms with Crippen molar-refractivity contribution in [1.29, 1.82) is 0 Å². The molecule has 0 unspecified atom stereocenters. The normalized spacial score (nSPS) is 18.0. The lowest BCUT2D eigenvalue weighted by Crippen LogP contribution is -2.40. The molecule has 0 heterocycles. The molecular weight excluding hydrogens is 328 g/mol. The van der Waals surface area contributed by atoms with Gasteiger partial charge in [-0.15, -0.1) is 0 Å². The summed E-state index contributed by atoms with van der Waals surface area (Å²) in [5.41, 5.74) is 7.79. The third kappa shape index (κ3) is 3.06. The molecule has 1 aromatic rings. The lowest BCUT2D eigenvalue weighted by Gasteiger charge is -2.38. The van der Waals surface area contributed by atoms with Crippen LogP contribution >= 0.6 is 0 Å². The largest absolute Gasteiger partial charge is 0.293 e. The van der Waals surface area contributed by atoms with Crippen LogP contribution in [0.4, 0.5) is 0 Å². The van der Waals surface area contributed by atoms with Crippen molar-refractivity contribution >= 4 is 11.9 Å². The fourth-order valence-electron chi connectivity index (χ4n) is 5.31. The number of hydrogen-bond acceptors (Lipinski definition) is 1. The van der Waals surface area contributed by atoms with E-state index in [0.29, 0.717) is 0 Å². The molecule has 0 bridgehead atoms. The van der Waals surface area contributed by atoms with Crippen LogP contribution in [-0.4, -0.2) is 5.78 Å². The number of fused-ring (bicyclic) bond motifs is 2. The zero-order valence-electron chi connectivity index (χ0n) is 17.5. The molecule has 2 aliphatic carbocycles. The van der Waals surface area contributed by atoms with Crippen LogP contribution in [0.1, 0.15) is 90.2 Å². The van der Waals surface area contributed by atoms with Crippen molar-refractivity contribution in [3.63, 3.8) is 0 Å². The Morgan fingerprint density at radius 1 is 0.704 bits per heavy atom. The van der Waals surface area contributed by atoms with Gasteiger partial charge in [-0.1, -0.05) is 83.7 Å². The first-order chi connectivity index (χ1) is 13.2. The fraction of sp³-hybridized carbons (Fsp3) is 0.500. The predicted molar refractivity (Wildman–Crippen MR) is 116 cm³/mol. The minimum atomic E-state index is -0.521. The number of allylic oxidation sites excluding steroid dienone is 5. The van der Waals surface area contributed by atoms with Crippen LogP contribution in [0.15, 0.2) is 52.6 Å². The number of ketones is 1. The molecule has 0 amide bonds. The number of rotatable bonds is 8. The van der Waals surface area contributed by atoms with Gasteiger partial charge in [0.1, 0.15) is 5.41 Å². The SMILES string of the molecule is CCCC1=C(CCC)C2(C(=O)C=Cc3ccccc32)C(CCC)=C1CCC. The maximum atomic E-state index is 13.7. The van der Waals surface area contributed by atoms with Gasteiger partial charge in [0.15, 0.2) is 5.78 Å². The van der Waals surface area contributed by atoms with E-state index in [1.807, 2.05) is 12.2 Å². The van der Waals surface area contributed by atoms with Crippen LogP contribution < -0.4 is 0 Å². The molecule has 0 radical (unpaired) electrons. The Morgan fingerprint density at radius 2 is 1.22 bits per heavy atom. The molecule has 0 fully saturated rings. The van der Waals surface area contributed by atoms with Crippen LogP contribution in [0.25, 0.3) is 6.08 Å². The molecule has 1 spiro atoms. The second-order valence-electron chi connectivity index (χ2n) is 7.95. The van der Waals surface area contributed by atoms with E-state index in [2.05, 4.69) is 52.0 Å². The lowest BCUT2D eigenvalue weighted by atomic mass is 9.62. The Balaban J connectivity index is 2.38. The third-order valence-electron chi connectivity index (χ3n) is 6.15. The lowest BCUT2D eigenvalue weighted by molar-refractivity contribution is -0.117. The summed E-state index contributed by atoms with van der Waals surface area (Å²) in [6.45, 7) is 9.02. The van der Waals surface area contributed by atoms with Gasteiger partial charge in [0.25, 0.3) is 0 Å². The van der Waals surface area contributed by atoms with E-state index < -0.39 is 5.41 Å². The van der Waals surface area contributed by atoms with E-state index in [0.717, 1.165) is 51.4 Å². The number of carbonyl (C=O) groups is 1. The monoisotopic (exact) mass is 362 g/mol. The summed E-state index contributed by atoms with van der Waals surface area (Å²) in [6, 6.07) is 8.58. The van der Waals surface area contributed by atoms with Crippen molar-refractivity contribution in [2.75, 3.05) is 0 Å². The minimum absolute atomic E-state index is 0.285. The number of benzene rings is 1.